The molecule has 1 aromatic carbocycles. The minimum atomic E-state index is -0.236. The minimum absolute atomic E-state index is 0. The SMILES string of the molecule is CN=C(NCCCn1nc(C)cc1C)NC1CC1c1c(F)cccc1Cl.I. The van der Waals surface area contributed by atoms with Crippen molar-refractivity contribution in [3.63, 3.8) is 0 Å². The van der Waals surface area contributed by atoms with E-state index in [1.165, 1.54) is 11.8 Å². The molecule has 148 valence electrons. The van der Waals surface area contributed by atoms with Crippen LogP contribution in [-0.4, -0.2) is 35.4 Å². The third-order valence-corrected chi connectivity index (χ3v) is 4.98. The fraction of sp³-hybridized carbons (Fsp3) is 0.474. The minimum Gasteiger partial charge on any atom is -0.356 e. The third-order valence-electron chi connectivity index (χ3n) is 4.65. The summed E-state index contributed by atoms with van der Waals surface area (Å²) in [6.07, 6.45) is 1.79. The molecule has 3 rings (SSSR count). The number of aliphatic imine (C=N–C) groups is 1. The Morgan fingerprint density at radius 1 is 1.41 bits per heavy atom. The van der Waals surface area contributed by atoms with Gasteiger partial charge in [0.1, 0.15) is 5.82 Å². The number of aromatic nitrogens is 2. The second-order valence-electron chi connectivity index (χ2n) is 6.73. The molecule has 1 fully saturated rings. The van der Waals surface area contributed by atoms with Crippen LogP contribution in [0.15, 0.2) is 29.3 Å². The van der Waals surface area contributed by atoms with Crippen molar-refractivity contribution < 1.29 is 4.39 Å². The zero-order valence-corrected chi connectivity index (χ0v) is 18.9. The molecule has 5 nitrogen and oxygen atoms in total. The van der Waals surface area contributed by atoms with E-state index in [4.69, 9.17) is 11.6 Å². The van der Waals surface area contributed by atoms with Crippen molar-refractivity contribution in [3.8, 4) is 0 Å². The molecule has 0 spiro atoms. The Balaban J connectivity index is 0.00000261. The fourth-order valence-electron chi connectivity index (χ4n) is 3.25. The Morgan fingerprint density at radius 3 is 2.81 bits per heavy atom. The van der Waals surface area contributed by atoms with Crippen LogP contribution in [0.1, 0.15) is 35.7 Å². The first-order chi connectivity index (χ1) is 12.5. The quantitative estimate of drug-likeness (QED) is 0.270. The summed E-state index contributed by atoms with van der Waals surface area (Å²) in [6, 6.07) is 7.07. The van der Waals surface area contributed by atoms with Gasteiger partial charge in [-0.1, -0.05) is 17.7 Å². The molecule has 2 N–H and O–H groups in total. The second kappa shape index (κ2) is 9.73. The smallest absolute Gasteiger partial charge is 0.191 e. The Labute approximate surface area is 181 Å². The van der Waals surface area contributed by atoms with Crippen LogP contribution in [-0.2, 0) is 6.54 Å². The van der Waals surface area contributed by atoms with Gasteiger partial charge in [-0.25, -0.2) is 4.39 Å². The van der Waals surface area contributed by atoms with Gasteiger partial charge in [0.15, 0.2) is 5.96 Å². The molecule has 27 heavy (non-hydrogen) atoms. The number of nitrogens with zero attached hydrogens (tertiary/aromatic N) is 3. The molecule has 8 heteroatoms. The van der Waals surface area contributed by atoms with Crippen molar-refractivity contribution in [1.29, 1.82) is 0 Å². The van der Waals surface area contributed by atoms with Crippen molar-refractivity contribution in [2.24, 2.45) is 4.99 Å². The van der Waals surface area contributed by atoms with Crippen molar-refractivity contribution in [3.05, 3.63) is 52.1 Å². The lowest BCUT2D eigenvalue weighted by Crippen LogP contribution is -2.39. The monoisotopic (exact) mass is 505 g/mol. The summed E-state index contributed by atoms with van der Waals surface area (Å²) in [6.45, 7) is 5.72. The number of hydrogen-bond acceptors (Lipinski definition) is 2. The van der Waals surface area contributed by atoms with Gasteiger partial charge in [-0.15, -0.1) is 24.0 Å². The number of rotatable bonds is 6. The zero-order chi connectivity index (χ0) is 18.7. The van der Waals surface area contributed by atoms with Crippen LogP contribution >= 0.6 is 35.6 Å². The molecule has 0 bridgehead atoms. The van der Waals surface area contributed by atoms with Crippen molar-refractivity contribution in [2.75, 3.05) is 13.6 Å². The average Bonchev–Trinajstić information content (AvgIpc) is 3.26. The van der Waals surface area contributed by atoms with Gasteiger partial charge < -0.3 is 10.6 Å². The highest BCUT2D eigenvalue weighted by molar-refractivity contribution is 14.0. The highest BCUT2D eigenvalue weighted by Crippen LogP contribution is 2.44. The van der Waals surface area contributed by atoms with E-state index in [0.717, 1.165) is 37.6 Å². The van der Waals surface area contributed by atoms with E-state index in [0.29, 0.717) is 10.6 Å². The maximum absolute atomic E-state index is 14.0. The summed E-state index contributed by atoms with van der Waals surface area (Å²) in [5.41, 5.74) is 2.82. The lowest BCUT2D eigenvalue weighted by molar-refractivity contribution is 0.555. The molecule has 0 saturated heterocycles. The first kappa shape index (κ1) is 21.9. The van der Waals surface area contributed by atoms with Crippen LogP contribution in [0, 0.1) is 19.7 Å². The van der Waals surface area contributed by atoms with E-state index >= 15 is 0 Å². The van der Waals surface area contributed by atoms with Crippen LogP contribution < -0.4 is 10.6 Å². The largest absolute Gasteiger partial charge is 0.356 e. The van der Waals surface area contributed by atoms with Crippen molar-refractivity contribution in [1.82, 2.24) is 20.4 Å². The standard InChI is InChI=1S/C19H25ClFN5.HI/c1-12-10-13(2)26(25-12)9-5-8-23-19(22-3)24-17-11-14(17)18-15(20)6-4-7-16(18)21;/h4,6-7,10,14,17H,5,8-9,11H2,1-3H3,(H2,22,23,24);1H. The highest BCUT2D eigenvalue weighted by atomic mass is 127. The normalized spacial score (nSPS) is 18.8. The molecule has 0 amide bonds. The fourth-order valence-corrected chi connectivity index (χ4v) is 3.55. The summed E-state index contributed by atoms with van der Waals surface area (Å²) in [5, 5.41) is 11.6. The van der Waals surface area contributed by atoms with E-state index in [9.17, 15) is 4.39 Å². The Kier molecular flexibility index (Phi) is 7.91. The van der Waals surface area contributed by atoms with E-state index in [1.807, 2.05) is 11.6 Å². The Morgan fingerprint density at radius 2 is 2.19 bits per heavy atom. The molecule has 0 radical (unpaired) electrons. The number of aryl methyl sites for hydroxylation is 3. The topological polar surface area (TPSA) is 54.2 Å². The molecule has 1 aliphatic carbocycles. The number of nitrogens with one attached hydrogen (secondary N) is 2. The van der Waals surface area contributed by atoms with Gasteiger partial charge in [0, 0.05) is 48.4 Å². The van der Waals surface area contributed by atoms with Crippen molar-refractivity contribution >= 4 is 41.5 Å². The van der Waals surface area contributed by atoms with E-state index in [-0.39, 0.29) is 41.8 Å². The predicted octanol–water partition coefficient (Wildman–Crippen LogP) is 4.02. The highest BCUT2D eigenvalue weighted by Gasteiger charge is 2.41. The average molecular weight is 506 g/mol. The maximum Gasteiger partial charge on any atom is 0.191 e. The maximum atomic E-state index is 14.0. The van der Waals surface area contributed by atoms with Crippen LogP contribution in [0.5, 0.6) is 0 Å². The number of hydrogen-bond donors (Lipinski definition) is 2. The van der Waals surface area contributed by atoms with E-state index in [1.54, 1.807) is 19.2 Å². The molecule has 1 aromatic heterocycles. The molecule has 1 heterocycles. The summed E-state index contributed by atoms with van der Waals surface area (Å²) in [7, 11) is 1.74. The van der Waals surface area contributed by atoms with Gasteiger partial charge in [-0.3, -0.25) is 9.67 Å². The van der Waals surface area contributed by atoms with Gasteiger partial charge in [0.25, 0.3) is 0 Å². The molecular weight excluding hydrogens is 480 g/mol. The third kappa shape index (κ3) is 5.57. The van der Waals surface area contributed by atoms with Gasteiger partial charge in [0.2, 0.25) is 0 Å². The molecular formula is C19H26ClFIN5. The van der Waals surface area contributed by atoms with Crippen LogP contribution in [0.2, 0.25) is 5.02 Å². The summed E-state index contributed by atoms with van der Waals surface area (Å²) >= 11 is 6.15. The van der Waals surface area contributed by atoms with Crippen LogP contribution in [0.25, 0.3) is 0 Å². The summed E-state index contributed by atoms with van der Waals surface area (Å²) in [4.78, 5) is 4.25. The van der Waals surface area contributed by atoms with Crippen LogP contribution in [0.3, 0.4) is 0 Å². The number of guanidine groups is 1. The second-order valence-corrected chi connectivity index (χ2v) is 7.14. The lowest BCUT2D eigenvalue weighted by atomic mass is 10.1. The molecule has 0 aliphatic heterocycles. The Hall–Kier alpha value is -1.35. The van der Waals surface area contributed by atoms with Gasteiger partial charge in [0.05, 0.1) is 5.69 Å². The first-order valence-corrected chi connectivity index (χ1v) is 9.29. The zero-order valence-electron chi connectivity index (χ0n) is 15.8. The number of benzene rings is 1. The predicted molar refractivity (Wildman–Crippen MR) is 119 cm³/mol. The molecule has 2 aromatic rings. The lowest BCUT2D eigenvalue weighted by Gasteiger charge is -2.13. The molecule has 2 unspecified atom stereocenters. The molecule has 1 aliphatic rings. The van der Waals surface area contributed by atoms with Crippen molar-refractivity contribution in [2.45, 2.75) is 45.2 Å². The van der Waals surface area contributed by atoms with Gasteiger partial charge in [-0.2, -0.15) is 5.10 Å². The summed E-state index contributed by atoms with van der Waals surface area (Å²) < 4.78 is 16.0. The van der Waals surface area contributed by atoms with Gasteiger partial charge in [-0.05, 0) is 44.9 Å². The molecule has 1 saturated carbocycles. The summed E-state index contributed by atoms with van der Waals surface area (Å²) in [5.74, 6) is 0.593. The van der Waals surface area contributed by atoms with Crippen LogP contribution in [0.4, 0.5) is 4.39 Å². The Bertz CT molecular complexity index is 787. The van der Waals surface area contributed by atoms with E-state index < -0.39 is 0 Å². The number of halogens is 3. The first-order valence-electron chi connectivity index (χ1n) is 8.91. The molecule has 2 atom stereocenters. The van der Waals surface area contributed by atoms with E-state index in [2.05, 4.69) is 33.7 Å². The van der Waals surface area contributed by atoms with Gasteiger partial charge >= 0.3 is 0 Å².